The highest BCUT2D eigenvalue weighted by Crippen LogP contribution is 2.29. The first-order valence-corrected chi connectivity index (χ1v) is 13.5. The molecule has 28 heavy (non-hydrogen) atoms. The molecule has 1 aromatic rings. The molecule has 0 bridgehead atoms. The zero-order chi connectivity index (χ0) is 20.7. The van der Waals surface area contributed by atoms with Crippen molar-refractivity contribution in [3.05, 3.63) is 0 Å². The van der Waals surface area contributed by atoms with Gasteiger partial charge in [0.25, 0.3) is 0 Å². The number of hydrogen-bond acceptors (Lipinski definition) is 9. The summed E-state index contributed by atoms with van der Waals surface area (Å²) in [6.07, 6.45) is 1.18. The van der Waals surface area contributed by atoms with Crippen molar-refractivity contribution in [3.8, 4) is 0 Å². The molecule has 0 unspecified atom stereocenters. The third-order valence-electron chi connectivity index (χ3n) is 4.20. The fourth-order valence-corrected chi connectivity index (χ4v) is 6.24. The Kier molecular flexibility index (Phi) is 8.99. The van der Waals surface area contributed by atoms with Gasteiger partial charge in [0.15, 0.2) is 8.68 Å². The second kappa shape index (κ2) is 10.8. The molecule has 0 aromatic carbocycles. The highest BCUT2D eigenvalue weighted by molar-refractivity contribution is 8.03. The number of rotatable bonds is 9. The van der Waals surface area contributed by atoms with E-state index in [0.29, 0.717) is 53.7 Å². The van der Waals surface area contributed by atoms with Gasteiger partial charge in [-0.2, -0.15) is 4.31 Å². The second-order valence-corrected chi connectivity index (χ2v) is 11.4. The molecule has 2 rings (SSSR count). The van der Waals surface area contributed by atoms with Crippen LogP contribution >= 0.6 is 34.9 Å². The Morgan fingerprint density at radius 3 is 2.07 bits per heavy atom. The van der Waals surface area contributed by atoms with Crippen molar-refractivity contribution in [1.82, 2.24) is 24.3 Å². The largest absolute Gasteiger partial charge is 0.343 e. The first kappa shape index (κ1) is 23.4. The van der Waals surface area contributed by atoms with Crippen LogP contribution in [-0.2, 0) is 19.6 Å². The number of piperazine rings is 1. The van der Waals surface area contributed by atoms with Gasteiger partial charge < -0.3 is 9.80 Å². The average molecular weight is 468 g/mol. The molecule has 2 amide bonds. The van der Waals surface area contributed by atoms with Gasteiger partial charge in [-0.25, -0.2) is 8.42 Å². The van der Waals surface area contributed by atoms with Crippen LogP contribution in [0.3, 0.4) is 0 Å². The van der Waals surface area contributed by atoms with Crippen molar-refractivity contribution in [2.75, 3.05) is 57.0 Å². The van der Waals surface area contributed by atoms with E-state index in [9.17, 15) is 18.0 Å². The van der Waals surface area contributed by atoms with Crippen molar-refractivity contribution < 1.29 is 18.0 Å². The molecule has 1 aromatic heterocycles. The highest BCUT2D eigenvalue weighted by atomic mass is 32.2. The van der Waals surface area contributed by atoms with Gasteiger partial charge in [-0.1, -0.05) is 34.9 Å². The van der Waals surface area contributed by atoms with E-state index in [4.69, 9.17) is 0 Å². The monoisotopic (exact) mass is 467 g/mol. The molecule has 0 aliphatic carbocycles. The lowest BCUT2D eigenvalue weighted by molar-refractivity contribution is -0.129. The molecule has 0 radical (unpaired) electrons. The van der Waals surface area contributed by atoms with Crippen LogP contribution in [0.25, 0.3) is 0 Å². The van der Waals surface area contributed by atoms with Gasteiger partial charge in [-0.05, 0) is 13.8 Å². The van der Waals surface area contributed by atoms with Crippen LogP contribution in [0.1, 0.15) is 13.8 Å². The van der Waals surface area contributed by atoms with E-state index >= 15 is 0 Å². The molecule has 158 valence electrons. The SMILES string of the molecule is CCN(CC)C(=O)CSc1nnc(SCC(=O)N2CCN(S(C)(=O)=O)CC2)s1. The normalized spacial score (nSPS) is 15.6. The Morgan fingerprint density at radius 2 is 1.57 bits per heavy atom. The van der Waals surface area contributed by atoms with Gasteiger partial charge in [-0.15, -0.1) is 10.2 Å². The van der Waals surface area contributed by atoms with Crippen LogP contribution in [0.2, 0.25) is 0 Å². The molecule has 0 atom stereocenters. The molecule has 0 N–H and O–H groups in total. The Balaban J connectivity index is 1.75. The van der Waals surface area contributed by atoms with Crippen LogP contribution in [0.5, 0.6) is 0 Å². The molecule has 0 saturated carbocycles. The minimum absolute atomic E-state index is 0.0423. The smallest absolute Gasteiger partial charge is 0.233 e. The summed E-state index contributed by atoms with van der Waals surface area (Å²) in [6, 6.07) is 0. The molecule has 13 heteroatoms. The van der Waals surface area contributed by atoms with Crippen LogP contribution < -0.4 is 0 Å². The second-order valence-electron chi connectivity index (χ2n) is 6.02. The minimum Gasteiger partial charge on any atom is -0.343 e. The van der Waals surface area contributed by atoms with E-state index in [1.807, 2.05) is 13.8 Å². The molecule has 1 saturated heterocycles. The lowest BCUT2D eigenvalue weighted by Crippen LogP contribution is -2.50. The first-order chi connectivity index (χ1) is 13.2. The van der Waals surface area contributed by atoms with Crippen LogP contribution in [0.4, 0.5) is 0 Å². The van der Waals surface area contributed by atoms with Crippen molar-refractivity contribution in [1.29, 1.82) is 0 Å². The predicted molar refractivity (Wildman–Crippen MR) is 112 cm³/mol. The van der Waals surface area contributed by atoms with Crippen LogP contribution in [-0.4, -0.2) is 102 Å². The van der Waals surface area contributed by atoms with Crippen LogP contribution in [0.15, 0.2) is 8.68 Å². The molecule has 2 heterocycles. The third kappa shape index (κ3) is 6.87. The number of thioether (sulfide) groups is 2. The van der Waals surface area contributed by atoms with E-state index in [0.717, 1.165) is 0 Å². The fourth-order valence-electron chi connectivity index (χ4n) is 2.59. The molecular weight excluding hydrogens is 442 g/mol. The summed E-state index contributed by atoms with van der Waals surface area (Å²) in [5.74, 6) is 0.586. The highest BCUT2D eigenvalue weighted by Gasteiger charge is 2.26. The predicted octanol–water partition coefficient (Wildman–Crippen LogP) is 0.695. The van der Waals surface area contributed by atoms with Gasteiger partial charge in [0.1, 0.15) is 0 Å². The Hall–Kier alpha value is -0.890. The number of carbonyl (C=O) groups excluding carboxylic acids is 2. The molecule has 1 fully saturated rings. The molecular formula is C15H25N5O4S4. The molecule has 1 aliphatic heterocycles. The summed E-state index contributed by atoms with van der Waals surface area (Å²) in [6.45, 7) is 6.73. The summed E-state index contributed by atoms with van der Waals surface area (Å²) in [5, 5.41) is 8.14. The first-order valence-electron chi connectivity index (χ1n) is 8.84. The Morgan fingerprint density at radius 1 is 1.04 bits per heavy atom. The van der Waals surface area contributed by atoms with E-state index in [-0.39, 0.29) is 17.6 Å². The summed E-state index contributed by atoms with van der Waals surface area (Å²) in [4.78, 5) is 27.8. The average Bonchev–Trinajstić information content (AvgIpc) is 3.12. The van der Waals surface area contributed by atoms with Gasteiger partial charge in [0.05, 0.1) is 17.8 Å². The summed E-state index contributed by atoms with van der Waals surface area (Å²) in [5.41, 5.74) is 0. The summed E-state index contributed by atoms with van der Waals surface area (Å²) < 4.78 is 25.8. The Labute approximate surface area is 178 Å². The van der Waals surface area contributed by atoms with E-state index in [2.05, 4.69) is 10.2 Å². The number of amides is 2. The fraction of sp³-hybridized carbons (Fsp3) is 0.733. The lowest BCUT2D eigenvalue weighted by Gasteiger charge is -2.33. The van der Waals surface area contributed by atoms with Gasteiger partial charge >= 0.3 is 0 Å². The van der Waals surface area contributed by atoms with E-state index < -0.39 is 10.0 Å². The van der Waals surface area contributed by atoms with Gasteiger partial charge in [-0.3, -0.25) is 9.59 Å². The topological polar surface area (TPSA) is 104 Å². The number of hydrogen-bond donors (Lipinski definition) is 0. The summed E-state index contributed by atoms with van der Waals surface area (Å²) >= 11 is 4.04. The van der Waals surface area contributed by atoms with E-state index in [1.165, 1.54) is 45.4 Å². The minimum atomic E-state index is -3.20. The molecule has 9 nitrogen and oxygen atoms in total. The number of carbonyl (C=O) groups is 2. The quantitative estimate of drug-likeness (QED) is 0.489. The Bertz CT molecular complexity index is 773. The maximum absolute atomic E-state index is 12.3. The third-order valence-corrected chi connectivity index (χ3v) is 8.67. The standard InChI is InChI=1S/C15H25N5O4S4/c1-4-18(5-2)12(21)10-25-14-16-17-15(27-14)26-11-13(22)19-6-8-20(9-7-19)28(3,23)24/h4-11H2,1-3H3. The van der Waals surface area contributed by atoms with Gasteiger partial charge in [0, 0.05) is 39.3 Å². The molecule has 0 spiro atoms. The molecule has 1 aliphatic rings. The number of nitrogens with zero attached hydrogens (tertiary/aromatic N) is 5. The zero-order valence-corrected chi connectivity index (χ0v) is 19.4. The van der Waals surface area contributed by atoms with Crippen LogP contribution in [0, 0.1) is 0 Å². The van der Waals surface area contributed by atoms with Gasteiger partial charge in [0.2, 0.25) is 21.8 Å². The van der Waals surface area contributed by atoms with E-state index in [1.54, 1.807) is 9.80 Å². The number of aromatic nitrogens is 2. The number of sulfonamides is 1. The van der Waals surface area contributed by atoms with Crippen molar-refractivity contribution in [2.45, 2.75) is 22.5 Å². The van der Waals surface area contributed by atoms with Crippen molar-refractivity contribution in [3.63, 3.8) is 0 Å². The summed E-state index contributed by atoms with van der Waals surface area (Å²) in [7, 11) is -3.20. The van der Waals surface area contributed by atoms with Crippen molar-refractivity contribution >= 4 is 56.7 Å². The maximum Gasteiger partial charge on any atom is 0.233 e. The maximum atomic E-state index is 12.3. The lowest BCUT2D eigenvalue weighted by atomic mass is 10.3. The van der Waals surface area contributed by atoms with Crippen molar-refractivity contribution in [2.24, 2.45) is 0 Å². The zero-order valence-electron chi connectivity index (χ0n) is 16.2.